The fraction of sp³-hybridized carbons (Fsp3) is 0.208. The van der Waals surface area contributed by atoms with Crippen molar-refractivity contribution in [2.24, 2.45) is 17.6 Å². The molecule has 0 aliphatic carbocycles. The molecule has 3 atom stereocenters. The van der Waals surface area contributed by atoms with Crippen molar-refractivity contribution in [3.05, 3.63) is 234 Å². The van der Waals surface area contributed by atoms with Crippen LogP contribution in [0.25, 0.3) is 45.3 Å². The molecule has 4 aromatic heterocycles. The third-order valence-corrected chi connectivity index (χ3v) is 16.0. The number of hydrogen-bond donors (Lipinski definition) is 3. The highest BCUT2D eigenvalue weighted by Gasteiger charge is 2.25. The van der Waals surface area contributed by atoms with Crippen LogP contribution < -0.4 is 5.73 Å². The number of halogens is 6. The van der Waals surface area contributed by atoms with Crippen LogP contribution in [0.1, 0.15) is 110 Å². The van der Waals surface area contributed by atoms with E-state index in [4.69, 9.17) is 104 Å². The first-order chi connectivity index (χ1) is 53.6. The first-order valence-corrected chi connectivity index (χ1v) is 34.6. The molecular formula is C77H77Cl6N5O25S3. The number of carbonyl (C=O) groups excluding carboxylic acids is 11. The molecule has 4 heterocycles. The Morgan fingerprint density at radius 1 is 0.379 bits per heavy atom. The molecule has 0 amide bonds. The number of methoxy groups -OCH3 is 6. The van der Waals surface area contributed by atoms with Gasteiger partial charge in [0, 0.05) is 70.5 Å². The van der Waals surface area contributed by atoms with Crippen molar-refractivity contribution in [1.82, 2.24) is 20.6 Å². The van der Waals surface area contributed by atoms with E-state index in [-0.39, 0.29) is 110 Å². The van der Waals surface area contributed by atoms with Gasteiger partial charge in [-0.25, -0.2) is 24.0 Å². The van der Waals surface area contributed by atoms with Crippen molar-refractivity contribution in [2.75, 3.05) is 42.7 Å². The summed E-state index contributed by atoms with van der Waals surface area (Å²) in [5, 5.41) is 34.6. The molecule has 30 nitrogen and oxygen atoms in total. The molecule has 0 spiro atoms. The number of hydrogen-bond acceptors (Lipinski definition) is 28. The molecule has 116 heavy (non-hydrogen) atoms. The summed E-state index contributed by atoms with van der Waals surface area (Å²) in [7, 11) is 7.19. The number of aliphatic carboxylic acids is 1. The van der Waals surface area contributed by atoms with Gasteiger partial charge in [0.2, 0.25) is 5.78 Å². The number of carboxylic acid groups (broad SMARTS) is 2. The highest BCUT2D eigenvalue weighted by atomic mass is 35.5. The second kappa shape index (κ2) is 54.7. The second-order valence-corrected chi connectivity index (χ2v) is 24.7. The van der Waals surface area contributed by atoms with Gasteiger partial charge in [0.1, 0.15) is 17.4 Å². The molecule has 0 fully saturated rings. The standard InChI is InChI=1S/C15H14ClNO4.C14H12ClNO4.C11H8ClNO3.C11H9ClO4.C10H6ClNO3.C8H7ClO.C4H9NO2.C4H6O4.3H2S/c1-9(15(19)20-2)7-13(18)12-8-14(21-17-12)10-5-3-4-6-11(10)16;1-8(14(18)19)6-12(17)11-7-13(20-16-11)9-4-2-3-5-10(9)15;1-15-11(14)9-6-10(16-13-9)7-4-2-3-5-8(7)12;1-16-11(15)10(14)6-9(13)7-4-2-3-5-8(7)12;11-7-4-2-1-3-6(7)9-5-8(10(13)14)12-15-9;1-6(10)7-4-2-3-5-8(7)9;1-3(5)4(6)7-2;1-7-3(5)4(6)8-2;;;/h3-6,8-9H,7H2,1-2H3;2-5,7-8H,6H2,1H3,(H,18,19);2-6H,1H3;2-5H,6H2,1H3;1-5H,(H,13,14);2-5H,1H3;3H,5H2,1-2H3;1-2H3;3*1H2/t9-;8-;;;;;3-;;;;/m11....0..../s1. The molecular weight excluding hydrogens is 1700 g/mol. The van der Waals surface area contributed by atoms with Crippen LogP contribution in [-0.4, -0.2) is 156 Å². The van der Waals surface area contributed by atoms with E-state index in [9.17, 15) is 62.3 Å². The fourth-order valence-corrected chi connectivity index (χ4v) is 9.59. The van der Waals surface area contributed by atoms with Crippen LogP contribution in [0.3, 0.4) is 0 Å². The number of ketones is 5. The average Bonchev–Trinajstić information content (AvgIpc) is 1.70. The minimum absolute atomic E-state index is 0. The Hall–Kier alpha value is -11.0. The van der Waals surface area contributed by atoms with E-state index in [0.717, 1.165) is 21.3 Å². The van der Waals surface area contributed by atoms with E-state index in [1.807, 2.05) is 18.2 Å². The van der Waals surface area contributed by atoms with Crippen LogP contribution >= 0.6 is 110 Å². The van der Waals surface area contributed by atoms with Crippen molar-refractivity contribution >= 4 is 187 Å². The smallest absolute Gasteiger partial charge is 0.417 e. The zero-order chi connectivity index (χ0) is 84.6. The Morgan fingerprint density at radius 2 is 0.681 bits per heavy atom. The van der Waals surface area contributed by atoms with Crippen LogP contribution in [0.2, 0.25) is 30.1 Å². The fourth-order valence-electron chi connectivity index (χ4n) is 8.17. The van der Waals surface area contributed by atoms with Gasteiger partial charge in [-0.1, -0.05) is 177 Å². The Morgan fingerprint density at radius 3 is 0.957 bits per heavy atom. The lowest BCUT2D eigenvalue weighted by Gasteiger charge is -2.05. The van der Waals surface area contributed by atoms with Gasteiger partial charge in [-0.15, -0.1) is 0 Å². The summed E-state index contributed by atoms with van der Waals surface area (Å²) in [6.45, 7) is 6.17. The predicted octanol–water partition coefficient (Wildman–Crippen LogP) is 15.5. The molecule has 0 unspecified atom stereocenters. The first-order valence-electron chi connectivity index (χ1n) is 32.3. The number of carboxylic acids is 2. The Kier molecular flexibility index (Phi) is 49.6. The molecule has 0 saturated carbocycles. The molecule has 0 saturated heterocycles. The van der Waals surface area contributed by atoms with Crippen molar-refractivity contribution in [3.63, 3.8) is 0 Å². The first kappa shape index (κ1) is 105. The lowest BCUT2D eigenvalue weighted by molar-refractivity contribution is -0.164. The number of carbonyl (C=O) groups is 13. The second-order valence-electron chi connectivity index (χ2n) is 22.3. The zero-order valence-corrected chi connectivity index (χ0v) is 70.5. The third kappa shape index (κ3) is 35.0. The summed E-state index contributed by atoms with van der Waals surface area (Å²) < 4.78 is 45.7. The molecule has 0 radical (unpaired) electrons. The minimum Gasteiger partial charge on any atom is -0.481 e. The minimum atomic E-state index is -1.13. The molecule has 620 valence electrons. The number of Topliss-reactive ketones (excluding diaryl/α,β-unsaturated/α-hetero) is 5. The van der Waals surface area contributed by atoms with E-state index >= 15 is 0 Å². The number of aromatic carboxylic acids is 1. The highest BCUT2D eigenvalue weighted by molar-refractivity contribution is 7.59. The molecule has 10 rings (SSSR count). The highest BCUT2D eigenvalue weighted by Crippen LogP contribution is 2.32. The summed E-state index contributed by atoms with van der Waals surface area (Å²) in [5.41, 5.74) is 8.74. The number of benzene rings is 6. The van der Waals surface area contributed by atoms with E-state index in [1.54, 1.807) is 129 Å². The molecule has 6 aromatic carbocycles. The molecule has 0 bridgehead atoms. The quantitative estimate of drug-likeness (QED) is 0.0210. The van der Waals surface area contributed by atoms with Crippen molar-refractivity contribution in [2.45, 2.75) is 53.0 Å². The summed E-state index contributed by atoms with van der Waals surface area (Å²) in [6, 6.07) is 46.9. The van der Waals surface area contributed by atoms with Gasteiger partial charge >= 0.3 is 47.8 Å². The predicted molar refractivity (Wildman–Crippen MR) is 442 cm³/mol. The van der Waals surface area contributed by atoms with Gasteiger partial charge in [-0.05, 0) is 86.6 Å². The lowest BCUT2D eigenvalue weighted by atomic mass is 10.0. The maximum absolute atomic E-state index is 12.0. The Balaban J connectivity index is 0.00000133. The zero-order valence-electron chi connectivity index (χ0n) is 62.9. The van der Waals surface area contributed by atoms with Gasteiger partial charge < -0.3 is 62.5 Å². The van der Waals surface area contributed by atoms with E-state index in [1.165, 1.54) is 71.6 Å². The van der Waals surface area contributed by atoms with Gasteiger partial charge in [-0.2, -0.15) is 40.5 Å². The van der Waals surface area contributed by atoms with Gasteiger partial charge in [0.15, 0.2) is 57.6 Å². The van der Waals surface area contributed by atoms with E-state index in [0.29, 0.717) is 76.0 Å². The number of ether oxygens (including phenoxy) is 6. The monoisotopic (exact) mass is 1780 g/mol. The Bertz CT molecular complexity index is 4940. The largest absolute Gasteiger partial charge is 0.481 e. The average molecular weight is 1780 g/mol. The number of rotatable bonds is 20. The number of nitrogens with two attached hydrogens (primary N) is 1. The summed E-state index contributed by atoms with van der Waals surface area (Å²) in [6.07, 6.45) is -0.637. The topological polar surface area (TPSA) is 448 Å². The molecule has 0 aliphatic rings. The third-order valence-electron chi connectivity index (χ3n) is 14.1. The van der Waals surface area contributed by atoms with Gasteiger partial charge in [-0.3, -0.25) is 38.4 Å². The van der Waals surface area contributed by atoms with Crippen LogP contribution in [0, 0.1) is 11.8 Å². The molecule has 0 aliphatic heterocycles. The Labute approximate surface area is 714 Å². The maximum Gasteiger partial charge on any atom is 0.417 e. The molecule has 4 N–H and O–H groups in total. The van der Waals surface area contributed by atoms with Crippen molar-refractivity contribution in [1.29, 1.82) is 0 Å². The summed E-state index contributed by atoms with van der Waals surface area (Å²) in [5.74, 6) is -8.23. The summed E-state index contributed by atoms with van der Waals surface area (Å²) >= 11 is 35.4. The van der Waals surface area contributed by atoms with Crippen LogP contribution in [0.5, 0.6) is 0 Å². The molecule has 10 aromatic rings. The van der Waals surface area contributed by atoms with Crippen LogP contribution in [0.4, 0.5) is 0 Å². The maximum atomic E-state index is 12.0. The number of esters is 6. The molecule has 39 heteroatoms. The normalized spacial score (nSPS) is 10.4. The van der Waals surface area contributed by atoms with Gasteiger partial charge in [0.25, 0.3) is 0 Å². The SMILES string of the molecule is CC(=O)c1ccccc1Cl.COC(=O)C(=O)CC(=O)c1ccccc1Cl.COC(=O)C(=O)OC.COC(=O)[C@H](C)CC(=O)c1cc(-c2ccccc2Cl)on1.COC(=O)[C@H](C)N.COC(=O)c1cc(-c2ccccc2Cl)on1.C[C@H](CC(=O)c1cc(-c2ccccc2Cl)on1)C(=O)O.O=C(O)c1cc(-c2ccccc2Cl)on1.S.S.S. The number of nitrogens with zero attached hydrogens (tertiary/aromatic N) is 4. The van der Waals surface area contributed by atoms with Gasteiger partial charge in [0.05, 0.1) is 91.1 Å². The summed E-state index contributed by atoms with van der Waals surface area (Å²) in [4.78, 5) is 142. The van der Waals surface area contributed by atoms with Crippen molar-refractivity contribution < 1.29 is 119 Å². The van der Waals surface area contributed by atoms with E-state index < -0.39 is 77.7 Å². The van der Waals surface area contributed by atoms with E-state index in [2.05, 4.69) is 49.0 Å². The van der Waals surface area contributed by atoms with Crippen LogP contribution in [-0.2, 0) is 62.0 Å². The van der Waals surface area contributed by atoms with Crippen molar-refractivity contribution in [3.8, 4) is 45.3 Å². The lowest BCUT2D eigenvalue weighted by Crippen LogP contribution is -2.27. The van der Waals surface area contributed by atoms with Crippen LogP contribution in [0.15, 0.2) is 188 Å². The number of aromatic nitrogens is 4.